The minimum absolute atomic E-state index is 0.338. The molecular weight excluding hydrogens is 212 g/mol. The quantitative estimate of drug-likeness (QED) is 0.231. The minimum atomic E-state index is -0.344. The van der Waals surface area contributed by atoms with Gasteiger partial charge in [-0.05, 0) is 6.42 Å². The van der Waals surface area contributed by atoms with Crippen LogP contribution in [0.25, 0.3) is 0 Å². The van der Waals surface area contributed by atoms with Gasteiger partial charge in [0.1, 0.15) is 0 Å². The standard InChI is InChI=1S/C15H26O2/c1-4-6-7-8-9-10-11-12-13-17-15(16)14(3)5-2/h5H,2-4,6-13H2,1H3. The van der Waals surface area contributed by atoms with E-state index in [0.717, 1.165) is 12.8 Å². The summed E-state index contributed by atoms with van der Waals surface area (Å²) in [5, 5.41) is 0. The molecule has 0 N–H and O–H groups in total. The van der Waals surface area contributed by atoms with Crippen molar-refractivity contribution in [3.05, 3.63) is 24.8 Å². The summed E-state index contributed by atoms with van der Waals surface area (Å²) < 4.78 is 5.03. The molecule has 0 aliphatic rings. The first-order valence-corrected chi connectivity index (χ1v) is 6.70. The predicted octanol–water partition coefficient (Wildman–Crippen LogP) is 4.41. The zero-order valence-electron chi connectivity index (χ0n) is 11.2. The summed E-state index contributed by atoms with van der Waals surface area (Å²) in [7, 11) is 0. The first-order chi connectivity index (χ1) is 8.22. The molecule has 17 heavy (non-hydrogen) atoms. The van der Waals surface area contributed by atoms with E-state index in [9.17, 15) is 4.79 Å². The molecule has 0 spiro atoms. The Morgan fingerprint density at radius 1 is 1.06 bits per heavy atom. The van der Waals surface area contributed by atoms with Crippen molar-refractivity contribution in [2.24, 2.45) is 0 Å². The molecule has 2 heteroatoms. The molecule has 0 rings (SSSR count). The molecule has 0 bridgehead atoms. The van der Waals surface area contributed by atoms with E-state index < -0.39 is 0 Å². The van der Waals surface area contributed by atoms with Crippen LogP contribution in [-0.4, -0.2) is 12.6 Å². The number of carbonyl (C=O) groups excluding carboxylic acids is 1. The molecule has 0 heterocycles. The molecule has 98 valence electrons. The highest BCUT2D eigenvalue weighted by molar-refractivity contribution is 5.90. The van der Waals surface area contributed by atoms with Crippen molar-refractivity contribution in [2.75, 3.05) is 6.61 Å². The summed E-state index contributed by atoms with van der Waals surface area (Å²) in [5.41, 5.74) is 0.338. The van der Waals surface area contributed by atoms with E-state index in [4.69, 9.17) is 4.74 Å². The van der Waals surface area contributed by atoms with E-state index in [1.54, 1.807) is 0 Å². The normalized spacial score (nSPS) is 9.94. The average Bonchev–Trinajstić information content (AvgIpc) is 2.35. The topological polar surface area (TPSA) is 26.3 Å². The lowest BCUT2D eigenvalue weighted by Crippen LogP contribution is -2.06. The number of hydrogen-bond donors (Lipinski definition) is 0. The van der Waals surface area contributed by atoms with Crippen LogP contribution in [0.1, 0.15) is 58.3 Å². The van der Waals surface area contributed by atoms with Gasteiger partial charge in [-0.2, -0.15) is 0 Å². The van der Waals surface area contributed by atoms with Gasteiger partial charge in [-0.25, -0.2) is 4.79 Å². The molecule has 0 aliphatic heterocycles. The molecule has 0 atom stereocenters. The van der Waals surface area contributed by atoms with Crippen molar-refractivity contribution >= 4 is 5.97 Å². The lowest BCUT2D eigenvalue weighted by Gasteiger charge is -2.04. The Balaban J connectivity index is 3.21. The van der Waals surface area contributed by atoms with Crippen molar-refractivity contribution in [2.45, 2.75) is 58.3 Å². The van der Waals surface area contributed by atoms with Gasteiger partial charge in [0.05, 0.1) is 12.2 Å². The van der Waals surface area contributed by atoms with Crippen LogP contribution in [0.5, 0.6) is 0 Å². The van der Waals surface area contributed by atoms with Crippen molar-refractivity contribution in [1.29, 1.82) is 0 Å². The number of rotatable bonds is 11. The molecule has 0 saturated carbocycles. The molecule has 0 amide bonds. The molecule has 0 fully saturated rings. The van der Waals surface area contributed by atoms with Crippen LogP contribution >= 0.6 is 0 Å². The van der Waals surface area contributed by atoms with E-state index in [2.05, 4.69) is 20.1 Å². The van der Waals surface area contributed by atoms with Crippen LogP contribution < -0.4 is 0 Å². The summed E-state index contributed by atoms with van der Waals surface area (Å²) >= 11 is 0. The SMILES string of the molecule is C=CC(=C)C(=O)OCCCCCCCCCC. The van der Waals surface area contributed by atoms with E-state index in [0.29, 0.717) is 12.2 Å². The maximum absolute atomic E-state index is 11.2. The first kappa shape index (κ1) is 16.0. The lowest BCUT2D eigenvalue weighted by atomic mass is 10.1. The average molecular weight is 238 g/mol. The maximum atomic E-state index is 11.2. The Morgan fingerprint density at radius 2 is 1.59 bits per heavy atom. The van der Waals surface area contributed by atoms with Gasteiger partial charge < -0.3 is 4.74 Å². The first-order valence-electron chi connectivity index (χ1n) is 6.70. The molecule has 0 radical (unpaired) electrons. The zero-order chi connectivity index (χ0) is 12.9. The van der Waals surface area contributed by atoms with Gasteiger partial charge >= 0.3 is 5.97 Å². The Labute approximate surface area is 106 Å². The fraction of sp³-hybridized carbons (Fsp3) is 0.667. The Hall–Kier alpha value is -1.05. The van der Waals surface area contributed by atoms with E-state index in [1.165, 1.54) is 44.6 Å². The zero-order valence-corrected chi connectivity index (χ0v) is 11.2. The van der Waals surface area contributed by atoms with Gasteiger partial charge in [0.25, 0.3) is 0 Å². The largest absolute Gasteiger partial charge is 0.462 e. The van der Waals surface area contributed by atoms with Gasteiger partial charge in [-0.3, -0.25) is 0 Å². The second-order valence-electron chi connectivity index (χ2n) is 4.34. The molecule has 0 aromatic heterocycles. The number of esters is 1. The lowest BCUT2D eigenvalue weighted by molar-refractivity contribution is -0.138. The van der Waals surface area contributed by atoms with E-state index in [-0.39, 0.29) is 5.97 Å². The second kappa shape index (κ2) is 11.4. The number of carbonyl (C=O) groups is 1. The number of ether oxygens (including phenoxy) is 1. The third kappa shape index (κ3) is 9.86. The Kier molecular flexibility index (Phi) is 10.7. The summed E-state index contributed by atoms with van der Waals surface area (Å²) in [6, 6.07) is 0. The molecule has 2 nitrogen and oxygen atoms in total. The van der Waals surface area contributed by atoms with Gasteiger partial charge in [-0.15, -0.1) is 0 Å². The van der Waals surface area contributed by atoms with Crippen LogP contribution in [-0.2, 0) is 9.53 Å². The monoisotopic (exact) mass is 238 g/mol. The van der Waals surface area contributed by atoms with Gasteiger partial charge in [0.15, 0.2) is 0 Å². The maximum Gasteiger partial charge on any atom is 0.337 e. The summed E-state index contributed by atoms with van der Waals surface area (Å²) in [4.78, 5) is 11.2. The van der Waals surface area contributed by atoms with Crippen LogP contribution in [0.2, 0.25) is 0 Å². The Bertz CT molecular complexity index is 231. The predicted molar refractivity (Wildman–Crippen MR) is 72.9 cm³/mol. The van der Waals surface area contributed by atoms with Crippen LogP contribution in [0.4, 0.5) is 0 Å². The van der Waals surface area contributed by atoms with Crippen molar-refractivity contribution < 1.29 is 9.53 Å². The number of unbranched alkanes of at least 4 members (excludes halogenated alkanes) is 7. The van der Waals surface area contributed by atoms with Crippen LogP contribution in [0.3, 0.4) is 0 Å². The smallest absolute Gasteiger partial charge is 0.337 e. The highest BCUT2D eigenvalue weighted by atomic mass is 16.5. The van der Waals surface area contributed by atoms with E-state index >= 15 is 0 Å². The molecule has 0 saturated heterocycles. The molecular formula is C15H26O2. The highest BCUT2D eigenvalue weighted by Crippen LogP contribution is 2.08. The van der Waals surface area contributed by atoms with Crippen LogP contribution in [0.15, 0.2) is 24.8 Å². The van der Waals surface area contributed by atoms with Crippen molar-refractivity contribution in [3.63, 3.8) is 0 Å². The van der Waals surface area contributed by atoms with Crippen molar-refractivity contribution in [3.8, 4) is 0 Å². The van der Waals surface area contributed by atoms with Gasteiger partial charge in [-0.1, -0.05) is 71.1 Å². The van der Waals surface area contributed by atoms with E-state index in [1.807, 2.05) is 0 Å². The van der Waals surface area contributed by atoms with Crippen molar-refractivity contribution in [1.82, 2.24) is 0 Å². The minimum Gasteiger partial charge on any atom is -0.462 e. The summed E-state index contributed by atoms with van der Waals surface area (Å²) in [6.45, 7) is 9.74. The summed E-state index contributed by atoms with van der Waals surface area (Å²) in [5.74, 6) is -0.344. The molecule has 0 aliphatic carbocycles. The highest BCUT2D eigenvalue weighted by Gasteiger charge is 2.03. The van der Waals surface area contributed by atoms with Crippen LogP contribution in [0, 0.1) is 0 Å². The summed E-state index contributed by atoms with van der Waals surface area (Å²) in [6.07, 6.45) is 11.4. The fourth-order valence-corrected chi connectivity index (χ4v) is 1.58. The second-order valence-corrected chi connectivity index (χ2v) is 4.34. The van der Waals surface area contributed by atoms with Gasteiger partial charge in [0, 0.05) is 0 Å². The molecule has 0 aromatic rings. The molecule has 0 aromatic carbocycles. The Morgan fingerprint density at radius 3 is 2.12 bits per heavy atom. The fourth-order valence-electron chi connectivity index (χ4n) is 1.58. The third-order valence-electron chi connectivity index (χ3n) is 2.74. The number of hydrogen-bond acceptors (Lipinski definition) is 2. The van der Waals surface area contributed by atoms with Gasteiger partial charge in [0.2, 0.25) is 0 Å². The third-order valence-corrected chi connectivity index (χ3v) is 2.74. The molecule has 0 unspecified atom stereocenters.